The fraction of sp³-hybridized carbons (Fsp3) is 0.500. The lowest BCUT2D eigenvalue weighted by Crippen LogP contribution is -2.37. The number of ether oxygens (including phenoxy) is 1. The molecule has 1 aliphatic carbocycles. The predicted molar refractivity (Wildman–Crippen MR) is 74.8 cm³/mol. The van der Waals surface area contributed by atoms with Crippen molar-refractivity contribution in [2.45, 2.75) is 19.3 Å². The summed E-state index contributed by atoms with van der Waals surface area (Å²) in [5.41, 5.74) is 0.349. The van der Waals surface area contributed by atoms with Gasteiger partial charge in [0.05, 0.1) is 10.2 Å². The molecule has 1 saturated carbocycles. The minimum absolute atomic E-state index is 0.349. The van der Waals surface area contributed by atoms with Crippen molar-refractivity contribution in [3.63, 3.8) is 0 Å². The van der Waals surface area contributed by atoms with Crippen LogP contribution in [0, 0.1) is 8.99 Å². The molecular formula is C12H15IOS. The Morgan fingerprint density at radius 2 is 2.07 bits per heavy atom. The number of hydrogen-bond donors (Lipinski definition) is 1. The molecule has 0 aromatic heterocycles. The average Bonchev–Trinajstić information content (AvgIpc) is 2.19. The van der Waals surface area contributed by atoms with E-state index in [9.17, 15) is 0 Å². The molecule has 0 atom stereocenters. The predicted octanol–water partition coefficient (Wildman–Crippen LogP) is 3.77. The Morgan fingerprint density at radius 3 is 2.60 bits per heavy atom. The second kappa shape index (κ2) is 4.95. The smallest absolute Gasteiger partial charge is 0.132 e. The number of hydrogen-bond acceptors (Lipinski definition) is 2. The molecule has 3 heteroatoms. The monoisotopic (exact) mass is 334 g/mol. The van der Waals surface area contributed by atoms with Crippen LogP contribution in [0.25, 0.3) is 0 Å². The second-order valence-electron chi connectivity index (χ2n) is 4.23. The molecule has 2 rings (SSSR count). The van der Waals surface area contributed by atoms with Crippen LogP contribution in [0.3, 0.4) is 0 Å². The van der Waals surface area contributed by atoms with Crippen molar-refractivity contribution in [1.82, 2.24) is 0 Å². The van der Waals surface area contributed by atoms with E-state index in [0.717, 1.165) is 18.1 Å². The van der Waals surface area contributed by atoms with Crippen LogP contribution >= 0.6 is 35.2 Å². The van der Waals surface area contributed by atoms with Gasteiger partial charge in [0.2, 0.25) is 0 Å². The molecule has 0 saturated heterocycles. The van der Waals surface area contributed by atoms with E-state index >= 15 is 0 Å². The first-order chi connectivity index (χ1) is 7.26. The highest BCUT2D eigenvalue weighted by molar-refractivity contribution is 14.1. The fourth-order valence-electron chi connectivity index (χ4n) is 1.82. The Bertz CT molecular complexity index is 331. The van der Waals surface area contributed by atoms with Crippen LogP contribution in [-0.2, 0) is 0 Å². The van der Waals surface area contributed by atoms with Crippen LogP contribution in [0.1, 0.15) is 19.3 Å². The van der Waals surface area contributed by atoms with Crippen LogP contribution in [0.15, 0.2) is 24.3 Å². The molecule has 0 amide bonds. The lowest BCUT2D eigenvalue weighted by Gasteiger charge is -2.40. The number of para-hydroxylation sites is 1. The van der Waals surface area contributed by atoms with Crippen molar-refractivity contribution in [3.05, 3.63) is 27.8 Å². The van der Waals surface area contributed by atoms with Crippen molar-refractivity contribution in [1.29, 1.82) is 0 Å². The molecule has 0 heterocycles. The standard InChI is InChI=1S/C12H15IOS/c13-10-4-1-2-5-11(10)14-8-12(9-15)6-3-7-12/h1-2,4-5,15H,3,6-9H2. The maximum absolute atomic E-state index is 5.88. The van der Waals surface area contributed by atoms with E-state index in [1.165, 1.54) is 22.8 Å². The zero-order chi connectivity index (χ0) is 10.7. The normalized spacial score (nSPS) is 18.3. The van der Waals surface area contributed by atoms with Crippen molar-refractivity contribution in [2.24, 2.45) is 5.41 Å². The quantitative estimate of drug-likeness (QED) is 0.651. The van der Waals surface area contributed by atoms with Gasteiger partial charge in [-0.15, -0.1) is 0 Å². The summed E-state index contributed by atoms with van der Waals surface area (Å²) in [5, 5.41) is 0. The SMILES string of the molecule is SCC1(COc2ccccc2I)CCC1. The number of thiol groups is 1. The third-order valence-corrected chi connectivity index (χ3v) is 4.68. The highest BCUT2D eigenvalue weighted by atomic mass is 127. The van der Waals surface area contributed by atoms with Gasteiger partial charge in [-0.25, -0.2) is 0 Å². The first kappa shape index (κ1) is 11.6. The van der Waals surface area contributed by atoms with Gasteiger partial charge in [0.25, 0.3) is 0 Å². The van der Waals surface area contributed by atoms with Gasteiger partial charge in [0, 0.05) is 5.41 Å². The summed E-state index contributed by atoms with van der Waals surface area (Å²) < 4.78 is 7.06. The molecule has 82 valence electrons. The highest BCUT2D eigenvalue weighted by Crippen LogP contribution is 2.42. The van der Waals surface area contributed by atoms with Gasteiger partial charge < -0.3 is 4.74 Å². The Hall–Kier alpha value is 0.100. The number of benzene rings is 1. The zero-order valence-electron chi connectivity index (χ0n) is 8.58. The lowest BCUT2D eigenvalue weighted by molar-refractivity contribution is 0.0824. The van der Waals surface area contributed by atoms with Crippen LogP contribution < -0.4 is 4.74 Å². The Labute approximate surface area is 110 Å². The van der Waals surface area contributed by atoms with Crippen molar-refractivity contribution >= 4 is 35.2 Å². The van der Waals surface area contributed by atoms with Crippen molar-refractivity contribution in [2.75, 3.05) is 12.4 Å². The van der Waals surface area contributed by atoms with Crippen LogP contribution in [0.5, 0.6) is 5.75 Å². The van der Waals surface area contributed by atoms with Gasteiger partial charge in [-0.1, -0.05) is 18.6 Å². The molecular weight excluding hydrogens is 319 g/mol. The summed E-state index contributed by atoms with van der Waals surface area (Å²) in [4.78, 5) is 0. The minimum Gasteiger partial charge on any atom is -0.492 e. The lowest BCUT2D eigenvalue weighted by atomic mass is 9.71. The second-order valence-corrected chi connectivity index (χ2v) is 5.71. The van der Waals surface area contributed by atoms with E-state index in [1.807, 2.05) is 18.2 Å². The summed E-state index contributed by atoms with van der Waals surface area (Å²) in [6.45, 7) is 0.816. The van der Waals surface area contributed by atoms with Crippen LogP contribution in [0.2, 0.25) is 0 Å². The highest BCUT2D eigenvalue weighted by Gasteiger charge is 2.36. The summed E-state index contributed by atoms with van der Waals surface area (Å²) in [7, 11) is 0. The zero-order valence-corrected chi connectivity index (χ0v) is 11.6. The van der Waals surface area contributed by atoms with Gasteiger partial charge >= 0.3 is 0 Å². The molecule has 1 aliphatic rings. The molecule has 1 nitrogen and oxygen atoms in total. The van der Waals surface area contributed by atoms with Crippen molar-refractivity contribution in [3.8, 4) is 5.75 Å². The third kappa shape index (κ3) is 2.61. The summed E-state index contributed by atoms with van der Waals surface area (Å²) in [5.74, 6) is 1.95. The molecule has 1 fully saturated rings. The topological polar surface area (TPSA) is 9.23 Å². The van der Waals surface area contributed by atoms with Gasteiger partial charge in [-0.2, -0.15) is 12.6 Å². The van der Waals surface area contributed by atoms with Crippen LogP contribution in [0.4, 0.5) is 0 Å². The third-order valence-electron chi connectivity index (χ3n) is 3.12. The van der Waals surface area contributed by atoms with Crippen LogP contribution in [-0.4, -0.2) is 12.4 Å². The van der Waals surface area contributed by atoms with E-state index in [-0.39, 0.29) is 0 Å². The Morgan fingerprint density at radius 1 is 1.33 bits per heavy atom. The molecule has 0 N–H and O–H groups in total. The van der Waals surface area contributed by atoms with Crippen molar-refractivity contribution < 1.29 is 4.74 Å². The first-order valence-corrected chi connectivity index (χ1v) is 6.95. The molecule has 1 aromatic carbocycles. The van der Waals surface area contributed by atoms with E-state index in [4.69, 9.17) is 4.74 Å². The molecule has 0 bridgehead atoms. The summed E-state index contributed by atoms with van der Waals surface area (Å²) in [6.07, 6.45) is 3.86. The van der Waals surface area contributed by atoms with Gasteiger partial charge in [0.1, 0.15) is 5.75 Å². The fourth-order valence-corrected chi connectivity index (χ4v) is 2.77. The van der Waals surface area contributed by atoms with Gasteiger partial charge in [0.15, 0.2) is 0 Å². The molecule has 1 aromatic rings. The Kier molecular flexibility index (Phi) is 3.83. The van der Waals surface area contributed by atoms with Gasteiger partial charge in [-0.3, -0.25) is 0 Å². The summed E-state index contributed by atoms with van der Waals surface area (Å²) in [6, 6.07) is 8.16. The first-order valence-electron chi connectivity index (χ1n) is 5.24. The molecule has 0 spiro atoms. The largest absolute Gasteiger partial charge is 0.492 e. The summed E-state index contributed by atoms with van der Waals surface area (Å²) >= 11 is 6.73. The van der Waals surface area contributed by atoms with Gasteiger partial charge in [-0.05, 0) is 53.3 Å². The maximum Gasteiger partial charge on any atom is 0.132 e. The minimum atomic E-state index is 0.349. The Balaban J connectivity index is 1.95. The number of halogens is 1. The molecule has 0 radical (unpaired) electrons. The van der Waals surface area contributed by atoms with E-state index in [2.05, 4.69) is 41.3 Å². The number of rotatable bonds is 4. The molecule has 15 heavy (non-hydrogen) atoms. The van der Waals surface area contributed by atoms with E-state index in [1.54, 1.807) is 0 Å². The molecule has 0 aliphatic heterocycles. The van der Waals surface area contributed by atoms with E-state index < -0.39 is 0 Å². The maximum atomic E-state index is 5.88. The average molecular weight is 334 g/mol. The molecule has 0 unspecified atom stereocenters. The van der Waals surface area contributed by atoms with E-state index in [0.29, 0.717) is 5.41 Å².